The molecule has 178 valence electrons. The molecule has 1 heterocycles. The Hall–Kier alpha value is -1.35. The second-order valence-electron chi connectivity index (χ2n) is 8.00. The maximum absolute atomic E-state index is 12.9. The number of phosphoric ester groups is 1. The molecule has 13 heteroatoms. The van der Waals surface area contributed by atoms with Gasteiger partial charge < -0.3 is 9.84 Å². The van der Waals surface area contributed by atoms with Crippen LogP contribution in [0, 0.1) is 5.41 Å². The van der Waals surface area contributed by atoms with Crippen molar-refractivity contribution in [2.45, 2.75) is 46.1 Å². The molecule has 0 aromatic rings. The highest BCUT2D eigenvalue weighted by Gasteiger charge is 2.44. The minimum Gasteiger partial charge on any atom is -0.353 e. The maximum Gasteiger partial charge on any atom is 0.481 e. The van der Waals surface area contributed by atoms with Crippen LogP contribution in [0.1, 0.15) is 40.5 Å². The zero-order valence-corrected chi connectivity index (χ0v) is 20.8. The van der Waals surface area contributed by atoms with Crippen LogP contribution in [0.2, 0.25) is 0 Å². The topological polar surface area (TPSA) is 138 Å². The van der Waals surface area contributed by atoms with E-state index in [4.69, 9.17) is 8.83 Å². The highest BCUT2D eigenvalue weighted by atomic mass is 31.3. The van der Waals surface area contributed by atoms with Gasteiger partial charge in [0.05, 0.1) is 6.61 Å². The van der Waals surface area contributed by atoms with E-state index in [1.54, 1.807) is 20.8 Å². The summed E-state index contributed by atoms with van der Waals surface area (Å²) in [6.07, 6.45) is 3.09. The van der Waals surface area contributed by atoms with Crippen molar-refractivity contribution in [1.82, 2.24) is 10.2 Å². The molecule has 1 aliphatic rings. The lowest BCUT2D eigenvalue weighted by molar-refractivity contribution is -0.146. The van der Waals surface area contributed by atoms with E-state index < -0.39 is 38.2 Å². The molecule has 0 aromatic carbocycles. The van der Waals surface area contributed by atoms with Crippen LogP contribution in [0.5, 0.6) is 0 Å². The van der Waals surface area contributed by atoms with E-state index in [1.165, 1.54) is 12.2 Å². The van der Waals surface area contributed by atoms with Gasteiger partial charge >= 0.3 is 15.4 Å². The van der Waals surface area contributed by atoms with Gasteiger partial charge in [-0.1, -0.05) is 13.8 Å². The van der Waals surface area contributed by atoms with Crippen LogP contribution in [0.3, 0.4) is 0 Å². The standard InChI is InChI=1S/C18H32N2O9P2/c1-8-18(4,13-17(2,3)20-14(21)9-10-15(20)22)16(23)19-11-12-28-31(25,27-6)29-30(7,24)26-5/h9-10H,8,11-13H2,1-7H3,(H,19,23). The van der Waals surface area contributed by atoms with Gasteiger partial charge in [-0.3, -0.25) is 32.9 Å². The summed E-state index contributed by atoms with van der Waals surface area (Å²) in [6.45, 7) is 7.86. The molecule has 1 N–H and O–H groups in total. The first kappa shape index (κ1) is 27.7. The van der Waals surface area contributed by atoms with Crippen molar-refractivity contribution in [2.75, 3.05) is 34.0 Å². The molecule has 3 atom stereocenters. The van der Waals surface area contributed by atoms with Crippen LogP contribution >= 0.6 is 15.4 Å². The molecule has 3 unspecified atom stereocenters. The van der Waals surface area contributed by atoms with Crippen molar-refractivity contribution in [3.8, 4) is 0 Å². The number of imide groups is 1. The van der Waals surface area contributed by atoms with E-state index in [0.29, 0.717) is 6.42 Å². The monoisotopic (exact) mass is 482 g/mol. The third-order valence-electron chi connectivity index (χ3n) is 5.01. The van der Waals surface area contributed by atoms with E-state index in [2.05, 4.69) is 14.4 Å². The molecule has 0 fully saturated rings. The van der Waals surface area contributed by atoms with Crippen LogP contribution in [-0.4, -0.2) is 62.2 Å². The first-order chi connectivity index (χ1) is 14.2. The lowest BCUT2D eigenvalue weighted by Crippen LogP contribution is -2.53. The Balaban J connectivity index is 2.71. The van der Waals surface area contributed by atoms with Crippen LogP contribution in [0.25, 0.3) is 0 Å². The fourth-order valence-electron chi connectivity index (χ4n) is 3.26. The largest absolute Gasteiger partial charge is 0.481 e. The fraction of sp³-hybridized carbons (Fsp3) is 0.722. The van der Waals surface area contributed by atoms with Gasteiger partial charge in [0.2, 0.25) is 5.91 Å². The average Bonchev–Trinajstić information content (AvgIpc) is 3.03. The number of phosphoric acid groups is 1. The van der Waals surface area contributed by atoms with Gasteiger partial charge in [0, 0.05) is 50.5 Å². The van der Waals surface area contributed by atoms with Crippen LogP contribution in [0.15, 0.2) is 12.2 Å². The molecule has 0 aliphatic carbocycles. The predicted molar refractivity (Wildman–Crippen MR) is 113 cm³/mol. The molecule has 0 radical (unpaired) electrons. The quantitative estimate of drug-likeness (QED) is 0.239. The lowest BCUT2D eigenvalue weighted by Gasteiger charge is -2.40. The Morgan fingerprint density at radius 2 is 1.65 bits per heavy atom. The van der Waals surface area contributed by atoms with Gasteiger partial charge in [-0.25, -0.2) is 8.88 Å². The number of nitrogens with one attached hydrogen (secondary N) is 1. The molecule has 0 saturated heterocycles. The molecule has 11 nitrogen and oxygen atoms in total. The fourth-order valence-corrected chi connectivity index (χ4v) is 5.85. The molecule has 0 spiro atoms. The van der Waals surface area contributed by atoms with Crippen LogP contribution in [0.4, 0.5) is 0 Å². The van der Waals surface area contributed by atoms with E-state index in [9.17, 15) is 23.5 Å². The Labute approximate surface area is 183 Å². The predicted octanol–water partition coefficient (Wildman–Crippen LogP) is 2.87. The summed E-state index contributed by atoms with van der Waals surface area (Å²) in [7, 11) is -5.55. The summed E-state index contributed by atoms with van der Waals surface area (Å²) in [5.41, 5.74) is -1.79. The van der Waals surface area contributed by atoms with Gasteiger partial charge in [0.1, 0.15) is 0 Å². The number of carbonyl (C=O) groups is 3. The third kappa shape index (κ3) is 7.34. The van der Waals surface area contributed by atoms with Crippen LogP contribution in [-0.2, 0) is 41.4 Å². The van der Waals surface area contributed by atoms with Crippen molar-refractivity contribution in [3.63, 3.8) is 0 Å². The summed E-state index contributed by atoms with van der Waals surface area (Å²) in [5.74, 6) is -1.16. The molecular formula is C18H32N2O9P2. The molecule has 0 aromatic heterocycles. The van der Waals surface area contributed by atoms with Gasteiger partial charge in [0.15, 0.2) is 0 Å². The summed E-state index contributed by atoms with van der Waals surface area (Å²) < 4.78 is 43.4. The molecule has 0 saturated carbocycles. The normalized spacial score (nSPS) is 20.3. The minimum absolute atomic E-state index is 0.0321. The zero-order valence-electron chi connectivity index (χ0n) is 19.0. The number of hydrogen-bond donors (Lipinski definition) is 1. The summed E-state index contributed by atoms with van der Waals surface area (Å²) >= 11 is 0. The van der Waals surface area contributed by atoms with Gasteiger partial charge in [-0.15, -0.1) is 0 Å². The number of carbonyl (C=O) groups excluding carboxylic acids is 3. The molecule has 1 rings (SSSR count). The van der Waals surface area contributed by atoms with Gasteiger partial charge in [-0.05, 0) is 26.7 Å². The van der Waals surface area contributed by atoms with Crippen molar-refractivity contribution >= 4 is 33.1 Å². The zero-order chi connectivity index (χ0) is 24.1. The highest BCUT2D eigenvalue weighted by molar-refractivity contribution is 7.64. The van der Waals surface area contributed by atoms with Crippen molar-refractivity contribution < 1.29 is 41.4 Å². The van der Waals surface area contributed by atoms with Gasteiger partial charge in [-0.2, -0.15) is 0 Å². The maximum atomic E-state index is 12.9. The van der Waals surface area contributed by atoms with Gasteiger partial charge in [0.25, 0.3) is 11.8 Å². The Morgan fingerprint density at radius 1 is 1.10 bits per heavy atom. The number of hydrogen-bond acceptors (Lipinski definition) is 9. The summed E-state index contributed by atoms with van der Waals surface area (Å²) in [6, 6.07) is 0. The van der Waals surface area contributed by atoms with Crippen molar-refractivity contribution in [1.29, 1.82) is 0 Å². The SMILES string of the molecule is CCC(C)(CC(C)(C)N1C(=O)C=CC1=O)C(=O)NCCOP(=O)(OC)OP(C)(=O)OC. The van der Waals surface area contributed by atoms with E-state index in [0.717, 1.165) is 25.8 Å². The number of amides is 3. The number of nitrogens with zero attached hydrogens (tertiary/aromatic N) is 1. The number of rotatable bonds is 13. The first-order valence-electron chi connectivity index (χ1n) is 9.65. The van der Waals surface area contributed by atoms with Crippen LogP contribution < -0.4 is 5.32 Å². The molecule has 3 amide bonds. The molecular weight excluding hydrogens is 450 g/mol. The average molecular weight is 482 g/mol. The second kappa shape index (κ2) is 10.5. The molecule has 1 aliphatic heterocycles. The lowest BCUT2D eigenvalue weighted by atomic mass is 9.75. The minimum atomic E-state index is -4.14. The van der Waals surface area contributed by atoms with Crippen molar-refractivity contribution in [3.05, 3.63) is 12.2 Å². The molecule has 31 heavy (non-hydrogen) atoms. The first-order valence-corrected chi connectivity index (χ1v) is 13.1. The smallest absolute Gasteiger partial charge is 0.353 e. The Morgan fingerprint density at radius 3 is 2.10 bits per heavy atom. The van der Waals surface area contributed by atoms with E-state index in [-0.39, 0.29) is 25.5 Å². The van der Waals surface area contributed by atoms with E-state index >= 15 is 0 Å². The van der Waals surface area contributed by atoms with Crippen molar-refractivity contribution in [2.24, 2.45) is 5.41 Å². The third-order valence-corrected chi connectivity index (χ3v) is 8.60. The molecule has 0 bridgehead atoms. The summed E-state index contributed by atoms with van der Waals surface area (Å²) in [5, 5.41) is 2.68. The van der Waals surface area contributed by atoms with E-state index in [1.807, 2.05) is 6.92 Å². The second-order valence-corrected chi connectivity index (χ2v) is 12.1. The highest BCUT2D eigenvalue weighted by Crippen LogP contribution is 2.62. The Bertz CT molecular complexity index is 809. The summed E-state index contributed by atoms with van der Waals surface area (Å²) in [4.78, 5) is 38.1. The Kier molecular flexibility index (Phi) is 9.39.